The predicted octanol–water partition coefficient (Wildman–Crippen LogP) is 4.64. The molecule has 3 aromatic carbocycles. The van der Waals surface area contributed by atoms with Crippen molar-refractivity contribution < 1.29 is 56.0 Å². The molecule has 4 aromatic rings. The quantitative estimate of drug-likeness (QED) is 0.331. The number of carboxylic acids is 1. The summed E-state index contributed by atoms with van der Waals surface area (Å²) in [5, 5.41) is 15.1. The van der Waals surface area contributed by atoms with E-state index in [4.69, 9.17) is 5.11 Å². The molecule has 7 nitrogen and oxygen atoms in total. The molecule has 8 heteroatoms. The number of hydrogen-bond donors (Lipinski definition) is 1. The molecule has 1 unspecified atom stereocenters. The number of rotatable bonds is 6. The largest absolute Gasteiger partial charge is 0.481 e. The van der Waals surface area contributed by atoms with Gasteiger partial charge in [0.2, 0.25) is 5.91 Å². The summed E-state index contributed by atoms with van der Waals surface area (Å²) in [7, 11) is 0. The number of aliphatic carboxylic acids is 1. The van der Waals surface area contributed by atoms with Crippen LogP contribution in [-0.4, -0.2) is 37.7 Å². The zero-order valence-corrected chi connectivity index (χ0v) is 22.5. The molecule has 0 spiro atoms. The van der Waals surface area contributed by atoms with Crippen molar-refractivity contribution >= 4 is 28.6 Å². The second-order valence-electron chi connectivity index (χ2n) is 8.07. The monoisotopic (exact) mass is 590 g/mol. The minimum atomic E-state index is -1.01. The molecule has 5 rings (SSSR count). The number of hydrazone groups is 1. The Balaban J connectivity index is 0.00000289. The second-order valence-corrected chi connectivity index (χ2v) is 8.07. The first kappa shape index (κ1) is 25.1. The van der Waals surface area contributed by atoms with Gasteiger partial charge in [0.25, 0.3) is 0 Å². The van der Waals surface area contributed by atoms with E-state index < -0.39 is 5.97 Å². The fourth-order valence-electron chi connectivity index (χ4n) is 4.12. The molecule has 1 aliphatic rings. The van der Waals surface area contributed by atoms with Gasteiger partial charge in [0.1, 0.15) is 0 Å². The molecule has 1 radical (unpaired) electrons. The van der Waals surface area contributed by atoms with Crippen LogP contribution < -0.4 is 0 Å². The van der Waals surface area contributed by atoms with Gasteiger partial charge < -0.3 is 5.11 Å². The first-order chi connectivity index (χ1) is 16.6. The molecule has 0 fully saturated rings. The summed E-state index contributed by atoms with van der Waals surface area (Å²) in [4.78, 5) is 32.6. The fraction of sp³-hybridized carbons (Fsp3) is 0.148. The SMILES string of the molecule is O=C(O)CCC(=O)N1N=C(c2ccc(-c3cc[c-]cc3)cc2)CC1c1ccc2nccnc2c1.[Pr]. The van der Waals surface area contributed by atoms with Crippen LogP contribution in [0.5, 0.6) is 0 Å². The van der Waals surface area contributed by atoms with Crippen LogP contribution in [0.4, 0.5) is 0 Å². The standard InChI is InChI=1S/C27H21N4O3.Pr/c32-26(12-13-27(33)34)31-25(21-10-11-22-24(16-21)29-15-14-28-22)17-23(30-31)20-8-6-19(7-9-20)18-4-2-1-3-5-18;/h2-11,14-16,25H,12-13,17H2,(H,33,34);/q-1;. The summed E-state index contributed by atoms with van der Waals surface area (Å²) in [6.45, 7) is 0. The molecule has 0 aliphatic carbocycles. The van der Waals surface area contributed by atoms with E-state index in [-0.39, 0.29) is 66.1 Å². The molecule has 1 N–H and O–H groups in total. The van der Waals surface area contributed by atoms with Crippen molar-refractivity contribution in [3.8, 4) is 11.1 Å². The van der Waals surface area contributed by atoms with E-state index in [0.29, 0.717) is 6.42 Å². The van der Waals surface area contributed by atoms with Crippen molar-refractivity contribution in [3.63, 3.8) is 0 Å². The average Bonchev–Trinajstić information content (AvgIpc) is 3.33. The average molecular weight is 590 g/mol. The minimum absolute atomic E-state index is 0. The van der Waals surface area contributed by atoms with Crippen LogP contribution in [0.2, 0.25) is 0 Å². The van der Waals surface area contributed by atoms with Crippen LogP contribution in [-0.2, 0) is 9.59 Å². The summed E-state index contributed by atoms with van der Waals surface area (Å²) in [5.41, 5.74) is 6.26. The number of amides is 1. The molecule has 2 heterocycles. The molecule has 1 aromatic heterocycles. The third-order valence-electron chi connectivity index (χ3n) is 5.87. The van der Waals surface area contributed by atoms with Crippen LogP contribution in [0.15, 0.2) is 84.2 Å². The molecule has 1 atom stereocenters. The Morgan fingerprint density at radius 2 is 1.54 bits per heavy atom. The fourth-order valence-corrected chi connectivity index (χ4v) is 4.12. The second kappa shape index (κ2) is 11.1. The van der Waals surface area contributed by atoms with E-state index in [1.165, 1.54) is 5.01 Å². The number of carboxylic acid groups (broad SMARTS) is 1. The van der Waals surface area contributed by atoms with Crippen molar-refractivity contribution in [1.82, 2.24) is 15.0 Å². The van der Waals surface area contributed by atoms with E-state index in [9.17, 15) is 9.59 Å². The Morgan fingerprint density at radius 1 is 0.886 bits per heavy atom. The van der Waals surface area contributed by atoms with Gasteiger partial charge in [0.15, 0.2) is 0 Å². The van der Waals surface area contributed by atoms with E-state index in [1.807, 2.05) is 66.7 Å². The zero-order chi connectivity index (χ0) is 23.5. The van der Waals surface area contributed by atoms with Crippen molar-refractivity contribution in [2.45, 2.75) is 25.3 Å². The third-order valence-corrected chi connectivity index (χ3v) is 5.87. The van der Waals surface area contributed by atoms with E-state index in [1.54, 1.807) is 12.4 Å². The normalized spacial score (nSPS) is 14.9. The molecule has 1 aliphatic heterocycles. The minimum Gasteiger partial charge on any atom is -0.481 e. The molecule has 35 heavy (non-hydrogen) atoms. The summed E-state index contributed by atoms with van der Waals surface area (Å²) >= 11 is 0. The predicted molar refractivity (Wildman–Crippen MR) is 128 cm³/mol. The van der Waals surface area contributed by atoms with Gasteiger partial charge in [-0.3, -0.25) is 19.6 Å². The summed E-state index contributed by atoms with van der Waals surface area (Å²) < 4.78 is 0. The van der Waals surface area contributed by atoms with Crippen molar-refractivity contribution in [2.24, 2.45) is 5.10 Å². The molecule has 0 saturated heterocycles. The van der Waals surface area contributed by atoms with Crippen LogP contribution in [0.25, 0.3) is 22.2 Å². The number of benzene rings is 3. The van der Waals surface area contributed by atoms with Crippen molar-refractivity contribution in [1.29, 1.82) is 0 Å². The smallest absolute Gasteiger partial charge is 0.303 e. The topological polar surface area (TPSA) is 95.8 Å². The maximum absolute atomic E-state index is 12.9. The van der Waals surface area contributed by atoms with Crippen LogP contribution >= 0.6 is 0 Å². The van der Waals surface area contributed by atoms with Gasteiger partial charge in [-0.2, -0.15) is 35.4 Å². The molecule has 0 bridgehead atoms. The van der Waals surface area contributed by atoms with E-state index in [2.05, 4.69) is 21.1 Å². The van der Waals surface area contributed by atoms with Crippen LogP contribution in [0, 0.1) is 47.4 Å². The van der Waals surface area contributed by atoms with E-state index >= 15 is 0 Å². The Morgan fingerprint density at radius 3 is 2.26 bits per heavy atom. The first-order valence-corrected chi connectivity index (χ1v) is 11.0. The molecule has 0 saturated carbocycles. The summed E-state index contributed by atoms with van der Waals surface area (Å²) in [6.07, 6.45) is 3.44. The third kappa shape index (κ3) is 5.63. The van der Waals surface area contributed by atoms with E-state index in [0.717, 1.165) is 39.0 Å². The number of carbonyl (C=O) groups excluding carboxylic acids is 1. The molecule has 171 valence electrons. The van der Waals surface area contributed by atoms with Crippen LogP contribution in [0.1, 0.15) is 36.4 Å². The first-order valence-electron chi connectivity index (χ1n) is 11.0. The number of fused-ring (bicyclic) bond motifs is 1. The van der Waals surface area contributed by atoms with Gasteiger partial charge in [0.05, 0.1) is 29.2 Å². The van der Waals surface area contributed by atoms with Gasteiger partial charge in [-0.25, -0.2) is 5.01 Å². The molecular weight excluding hydrogens is 569 g/mol. The maximum Gasteiger partial charge on any atom is 0.303 e. The molecule has 1 amide bonds. The summed E-state index contributed by atoms with van der Waals surface area (Å²) in [6, 6.07) is 24.2. The Bertz CT molecular complexity index is 1390. The number of carbonyl (C=O) groups is 2. The van der Waals surface area contributed by atoms with Gasteiger partial charge in [-0.05, 0) is 28.8 Å². The maximum atomic E-state index is 12.9. The van der Waals surface area contributed by atoms with Crippen molar-refractivity contribution in [2.75, 3.05) is 0 Å². The summed E-state index contributed by atoms with van der Waals surface area (Å²) in [5.74, 6) is -1.33. The Hall–Kier alpha value is -3.03. The van der Waals surface area contributed by atoms with Gasteiger partial charge in [-0.1, -0.05) is 30.3 Å². The molecular formula is C27H21N4O3Pr-. The van der Waals surface area contributed by atoms with Crippen molar-refractivity contribution in [3.05, 3.63) is 96.3 Å². The van der Waals surface area contributed by atoms with Gasteiger partial charge in [0, 0.05) is 66.5 Å². The number of nitrogens with zero attached hydrogens (tertiary/aromatic N) is 4. The zero-order valence-electron chi connectivity index (χ0n) is 18.8. The Kier molecular flexibility index (Phi) is 7.98. The number of hydrogen-bond acceptors (Lipinski definition) is 5. The van der Waals surface area contributed by atoms with Gasteiger partial charge >= 0.3 is 5.97 Å². The number of aromatic nitrogens is 2. The Labute approximate surface area is 235 Å². The van der Waals surface area contributed by atoms with Crippen LogP contribution in [0.3, 0.4) is 0 Å². The van der Waals surface area contributed by atoms with Gasteiger partial charge in [-0.15, -0.1) is 5.56 Å².